The molecule has 1 aromatic heterocycles. The van der Waals surface area contributed by atoms with Crippen molar-refractivity contribution in [2.24, 2.45) is 5.92 Å². The minimum absolute atomic E-state index is 0.00297. The summed E-state index contributed by atoms with van der Waals surface area (Å²) in [6, 6.07) is 9.12. The van der Waals surface area contributed by atoms with Gasteiger partial charge in [0.25, 0.3) is 11.5 Å². The SMILES string of the molecule is CCOC(=O)N1CCN(Cc2ccc(OC[C@H]3CCCN(C(=O)c4cc(=O)[nH]c(=O)[nH]4)C3)cc2)CC1. The van der Waals surface area contributed by atoms with E-state index in [9.17, 15) is 19.2 Å². The Bertz CT molecular complexity index is 1120. The monoisotopic (exact) mass is 499 g/mol. The van der Waals surface area contributed by atoms with E-state index >= 15 is 0 Å². The normalized spacial score (nSPS) is 18.6. The molecule has 2 saturated heterocycles. The van der Waals surface area contributed by atoms with Crippen molar-refractivity contribution >= 4 is 12.0 Å². The van der Waals surface area contributed by atoms with Crippen molar-refractivity contribution < 1.29 is 19.1 Å². The van der Waals surface area contributed by atoms with Crippen LogP contribution in [0.15, 0.2) is 39.9 Å². The second kappa shape index (κ2) is 11.9. The number of aromatic amines is 2. The van der Waals surface area contributed by atoms with Crippen LogP contribution >= 0.6 is 0 Å². The molecule has 36 heavy (non-hydrogen) atoms. The Morgan fingerprint density at radius 1 is 1.00 bits per heavy atom. The highest BCUT2D eigenvalue weighted by Gasteiger charge is 2.26. The predicted molar refractivity (Wildman–Crippen MR) is 132 cm³/mol. The number of piperidine rings is 1. The highest BCUT2D eigenvalue weighted by Crippen LogP contribution is 2.21. The molecule has 11 heteroatoms. The van der Waals surface area contributed by atoms with Crippen LogP contribution in [0.2, 0.25) is 0 Å². The van der Waals surface area contributed by atoms with Crippen molar-refractivity contribution in [2.75, 3.05) is 52.5 Å². The Labute approximate surface area is 209 Å². The number of carbonyl (C=O) groups is 2. The van der Waals surface area contributed by atoms with Gasteiger partial charge >= 0.3 is 11.8 Å². The molecule has 2 aliphatic heterocycles. The summed E-state index contributed by atoms with van der Waals surface area (Å²) >= 11 is 0. The molecule has 0 unspecified atom stereocenters. The number of benzene rings is 1. The Hall–Kier alpha value is -3.60. The fourth-order valence-corrected chi connectivity index (χ4v) is 4.61. The molecule has 2 N–H and O–H groups in total. The second-order valence-electron chi connectivity index (χ2n) is 9.18. The fourth-order valence-electron chi connectivity index (χ4n) is 4.61. The van der Waals surface area contributed by atoms with Crippen LogP contribution in [-0.4, -0.2) is 89.2 Å². The lowest BCUT2D eigenvalue weighted by Crippen LogP contribution is -2.48. The maximum absolute atomic E-state index is 12.7. The lowest BCUT2D eigenvalue weighted by atomic mass is 9.98. The van der Waals surface area contributed by atoms with Gasteiger partial charge in [-0.25, -0.2) is 9.59 Å². The van der Waals surface area contributed by atoms with Crippen LogP contribution in [0.5, 0.6) is 5.75 Å². The van der Waals surface area contributed by atoms with Crippen LogP contribution in [0.25, 0.3) is 0 Å². The smallest absolute Gasteiger partial charge is 0.409 e. The zero-order valence-electron chi connectivity index (χ0n) is 20.5. The number of hydrogen-bond acceptors (Lipinski definition) is 7. The quantitative estimate of drug-likeness (QED) is 0.587. The molecule has 0 saturated carbocycles. The maximum Gasteiger partial charge on any atom is 0.409 e. The third kappa shape index (κ3) is 6.75. The van der Waals surface area contributed by atoms with E-state index in [1.165, 1.54) is 5.56 Å². The highest BCUT2D eigenvalue weighted by atomic mass is 16.6. The molecule has 4 rings (SSSR count). The van der Waals surface area contributed by atoms with E-state index in [1.807, 2.05) is 31.2 Å². The molecule has 0 radical (unpaired) electrons. The Balaban J connectivity index is 1.23. The van der Waals surface area contributed by atoms with E-state index in [0.29, 0.717) is 39.4 Å². The molecule has 2 fully saturated rings. The first-order valence-corrected chi connectivity index (χ1v) is 12.4. The number of rotatable bonds is 7. The van der Waals surface area contributed by atoms with Gasteiger partial charge in [0.2, 0.25) is 0 Å². The average Bonchev–Trinajstić information content (AvgIpc) is 2.88. The van der Waals surface area contributed by atoms with Crippen molar-refractivity contribution in [2.45, 2.75) is 26.3 Å². The van der Waals surface area contributed by atoms with Gasteiger partial charge in [0.1, 0.15) is 11.4 Å². The highest BCUT2D eigenvalue weighted by molar-refractivity contribution is 5.92. The number of amides is 2. The Kier molecular flexibility index (Phi) is 8.42. The number of carbonyl (C=O) groups excluding carboxylic acids is 2. The molecule has 1 atom stereocenters. The standard InChI is InChI=1S/C25H33N5O6/c1-2-35-25(34)29-12-10-28(11-13-29)15-18-5-7-20(8-6-18)36-17-19-4-3-9-30(16-19)23(32)21-14-22(31)27-24(33)26-21/h5-8,14,19H,2-4,9-13,15-17H2,1H3,(H2,26,27,31,33)/t19-/m0/s1. The third-order valence-corrected chi connectivity index (χ3v) is 6.51. The minimum Gasteiger partial charge on any atom is -0.493 e. The first-order valence-electron chi connectivity index (χ1n) is 12.4. The van der Waals surface area contributed by atoms with Crippen molar-refractivity contribution in [1.29, 1.82) is 0 Å². The Morgan fingerprint density at radius 2 is 1.75 bits per heavy atom. The lowest BCUT2D eigenvalue weighted by molar-refractivity contribution is 0.0626. The summed E-state index contributed by atoms with van der Waals surface area (Å²) < 4.78 is 11.1. The van der Waals surface area contributed by atoms with Gasteiger partial charge in [-0.15, -0.1) is 0 Å². The van der Waals surface area contributed by atoms with Gasteiger partial charge in [-0.2, -0.15) is 0 Å². The van der Waals surface area contributed by atoms with Gasteiger partial charge in [-0.3, -0.25) is 19.5 Å². The summed E-state index contributed by atoms with van der Waals surface area (Å²) in [6.45, 7) is 7.51. The molecular weight excluding hydrogens is 466 g/mol. The number of H-pyrrole nitrogens is 2. The van der Waals surface area contributed by atoms with Gasteiger partial charge < -0.3 is 24.3 Å². The van der Waals surface area contributed by atoms with Gasteiger partial charge in [-0.05, 0) is 37.5 Å². The van der Waals surface area contributed by atoms with Crippen molar-refractivity contribution in [3.05, 3.63) is 62.4 Å². The summed E-state index contributed by atoms with van der Waals surface area (Å²) in [4.78, 5) is 57.8. The number of nitrogens with zero attached hydrogens (tertiary/aromatic N) is 3. The molecule has 194 valence electrons. The summed E-state index contributed by atoms with van der Waals surface area (Å²) in [5, 5.41) is 0. The molecule has 2 aliphatic rings. The molecular formula is C25H33N5O6. The molecule has 2 amide bonds. The second-order valence-corrected chi connectivity index (χ2v) is 9.18. The maximum atomic E-state index is 12.7. The number of hydrogen-bond donors (Lipinski definition) is 2. The van der Waals surface area contributed by atoms with E-state index in [4.69, 9.17) is 9.47 Å². The van der Waals surface area contributed by atoms with Crippen molar-refractivity contribution in [3.63, 3.8) is 0 Å². The fraction of sp³-hybridized carbons (Fsp3) is 0.520. The number of piperazine rings is 1. The largest absolute Gasteiger partial charge is 0.493 e. The van der Waals surface area contributed by atoms with Crippen molar-refractivity contribution in [3.8, 4) is 5.75 Å². The van der Waals surface area contributed by atoms with Crippen molar-refractivity contribution in [1.82, 2.24) is 24.7 Å². The van der Waals surface area contributed by atoms with E-state index in [0.717, 1.165) is 44.3 Å². The summed E-state index contributed by atoms with van der Waals surface area (Å²) in [7, 11) is 0. The van der Waals surface area contributed by atoms with Crippen LogP contribution in [0.4, 0.5) is 4.79 Å². The van der Waals surface area contributed by atoms with Crippen LogP contribution in [0, 0.1) is 5.92 Å². The molecule has 1 aromatic carbocycles. The van der Waals surface area contributed by atoms with E-state index in [-0.39, 0.29) is 23.6 Å². The van der Waals surface area contributed by atoms with Crippen LogP contribution in [0.1, 0.15) is 35.8 Å². The Morgan fingerprint density at radius 3 is 2.44 bits per heavy atom. The van der Waals surface area contributed by atoms with Crippen LogP contribution in [0.3, 0.4) is 0 Å². The van der Waals surface area contributed by atoms with E-state index in [2.05, 4.69) is 14.9 Å². The third-order valence-electron chi connectivity index (χ3n) is 6.51. The van der Waals surface area contributed by atoms with E-state index < -0.39 is 11.2 Å². The van der Waals surface area contributed by atoms with Crippen LogP contribution < -0.4 is 16.0 Å². The topological polar surface area (TPSA) is 128 Å². The first kappa shape index (κ1) is 25.5. The molecule has 0 spiro atoms. The zero-order chi connectivity index (χ0) is 25.5. The predicted octanol–water partition coefficient (Wildman–Crippen LogP) is 1.27. The molecule has 3 heterocycles. The first-order chi connectivity index (χ1) is 17.4. The van der Waals surface area contributed by atoms with Gasteiger partial charge in [0, 0.05) is 57.8 Å². The summed E-state index contributed by atoms with van der Waals surface area (Å²) in [6.07, 6.45) is 1.52. The number of aromatic nitrogens is 2. The number of likely N-dealkylation sites (tertiary alicyclic amines) is 1. The molecule has 0 aliphatic carbocycles. The lowest BCUT2D eigenvalue weighted by Gasteiger charge is -2.34. The minimum atomic E-state index is -0.690. The molecule has 11 nitrogen and oxygen atoms in total. The summed E-state index contributed by atoms with van der Waals surface area (Å²) in [5.41, 5.74) is -0.108. The number of nitrogens with one attached hydrogen (secondary N) is 2. The summed E-state index contributed by atoms with van der Waals surface area (Å²) in [5.74, 6) is 0.579. The van der Waals surface area contributed by atoms with Crippen LogP contribution in [-0.2, 0) is 11.3 Å². The van der Waals surface area contributed by atoms with Gasteiger partial charge in [-0.1, -0.05) is 12.1 Å². The van der Waals surface area contributed by atoms with Gasteiger partial charge in [0.05, 0.1) is 13.2 Å². The zero-order valence-corrected chi connectivity index (χ0v) is 20.5. The molecule has 2 aromatic rings. The van der Waals surface area contributed by atoms with E-state index in [1.54, 1.807) is 9.80 Å². The average molecular weight is 500 g/mol. The van der Waals surface area contributed by atoms with Gasteiger partial charge in [0.15, 0.2) is 0 Å². The molecule has 0 bridgehead atoms. The number of ether oxygens (including phenoxy) is 2.